The fourth-order valence-corrected chi connectivity index (χ4v) is 3.84. The molecule has 1 aliphatic rings. The van der Waals surface area contributed by atoms with Gasteiger partial charge in [-0.2, -0.15) is 17.9 Å². The number of ether oxygens (including phenoxy) is 1. The van der Waals surface area contributed by atoms with Crippen LogP contribution in [0.1, 0.15) is 32.6 Å². The molecule has 18 heavy (non-hydrogen) atoms. The van der Waals surface area contributed by atoms with E-state index in [9.17, 15) is 8.42 Å². The minimum atomic E-state index is -3.52. The van der Waals surface area contributed by atoms with Crippen LogP contribution in [0.3, 0.4) is 0 Å². The predicted molar refractivity (Wildman–Crippen MR) is 71.4 cm³/mol. The van der Waals surface area contributed by atoms with Crippen LogP contribution in [-0.4, -0.2) is 40.8 Å². The van der Waals surface area contributed by atoms with Crippen molar-refractivity contribution in [1.82, 2.24) is 9.44 Å². The first-order valence-corrected chi connectivity index (χ1v) is 7.91. The van der Waals surface area contributed by atoms with Crippen LogP contribution in [-0.2, 0) is 14.9 Å². The molecule has 0 bridgehead atoms. The smallest absolute Gasteiger partial charge is 0.277 e. The summed E-state index contributed by atoms with van der Waals surface area (Å²) in [4.78, 5) is 0. The van der Waals surface area contributed by atoms with E-state index in [-0.39, 0.29) is 12.5 Å². The van der Waals surface area contributed by atoms with Gasteiger partial charge in [-0.25, -0.2) is 0 Å². The van der Waals surface area contributed by atoms with Crippen LogP contribution in [0.5, 0.6) is 0 Å². The first kappa shape index (κ1) is 15.8. The van der Waals surface area contributed by atoms with Crippen molar-refractivity contribution in [3.05, 3.63) is 0 Å². The molecule has 0 aliphatic heterocycles. The van der Waals surface area contributed by atoms with Gasteiger partial charge in [-0.3, -0.25) is 0 Å². The van der Waals surface area contributed by atoms with Gasteiger partial charge in [0.1, 0.15) is 0 Å². The standard InChI is InChI=1S/C11H25N3O3S/c1-10-5-3-4-6-11(10,9-12)14-18(15,16)13-7-8-17-2/h10,13-14H,3-9,12H2,1-2H3. The van der Waals surface area contributed by atoms with Crippen molar-refractivity contribution < 1.29 is 13.2 Å². The Morgan fingerprint density at radius 3 is 2.72 bits per heavy atom. The molecule has 108 valence electrons. The lowest BCUT2D eigenvalue weighted by Gasteiger charge is -2.42. The molecule has 0 spiro atoms. The van der Waals surface area contributed by atoms with E-state index in [4.69, 9.17) is 10.5 Å². The molecule has 0 heterocycles. The molecule has 2 unspecified atom stereocenters. The molecule has 1 rings (SSSR count). The second-order valence-corrected chi connectivity index (χ2v) is 6.50. The summed E-state index contributed by atoms with van der Waals surface area (Å²) in [6.07, 6.45) is 3.97. The zero-order valence-electron chi connectivity index (χ0n) is 11.2. The van der Waals surface area contributed by atoms with E-state index >= 15 is 0 Å². The quantitative estimate of drug-likeness (QED) is 0.570. The largest absolute Gasteiger partial charge is 0.383 e. The molecule has 0 saturated heterocycles. The maximum absolute atomic E-state index is 11.9. The second-order valence-electron chi connectivity index (χ2n) is 5.00. The lowest BCUT2D eigenvalue weighted by molar-refractivity contribution is 0.188. The van der Waals surface area contributed by atoms with Gasteiger partial charge in [0.2, 0.25) is 0 Å². The average Bonchev–Trinajstić information content (AvgIpc) is 2.32. The molecule has 6 nitrogen and oxygen atoms in total. The minimum absolute atomic E-state index is 0.259. The van der Waals surface area contributed by atoms with Crippen molar-refractivity contribution in [2.24, 2.45) is 11.7 Å². The van der Waals surface area contributed by atoms with Crippen LogP contribution in [0.25, 0.3) is 0 Å². The topological polar surface area (TPSA) is 93.4 Å². The molecule has 0 radical (unpaired) electrons. The van der Waals surface area contributed by atoms with Crippen LogP contribution in [0.2, 0.25) is 0 Å². The summed E-state index contributed by atoms with van der Waals surface area (Å²) in [5.74, 6) is 0.259. The Labute approximate surface area is 110 Å². The van der Waals surface area contributed by atoms with Gasteiger partial charge in [0, 0.05) is 25.7 Å². The lowest BCUT2D eigenvalue weighted by Crippen LogP contribution is -2.61. The number of methoxy groups -OCH3 is 1. The third-order valence-electron chi connectivity index (χ3n) is 3.75. The van der Waals surface area contributed by atoms with E-state index in [2.05, 4.69) is 16.4 Å². The number of rotatable bonds is 7. The Morgan fingerprint density at radius 2 is 2.17 bits per heavy atom. The highest BCUT2D eigenvalue weighted by Crippen LogP contribution is 2.33. The zero-order valence-corrected chi connectivity index (χ0v) is 12.1. The van der Waals surface area contributed by atoms with Gasteiger partial charge in [0.15, 0.2) is 0 Å². The van der Waals surface area contributed by atoms with Crippen molar-refractivity contribution >= 4 is 10.2 Å². The van der Waals surface area contributed by atoms with Gasteiger partial charge in [-0.15, -0.1) is 0 Å². The molecule has 7 heteroatoms. The molecule has 2 atom stereocenters. The predicted octanol–water partition coefficient (Wildman–Crippen LogP) is -0.0356. The number of nitrogens with one attached hydrogen (secondary N) is 2. The molecular weight excluding hydrogens is 254 g/mol. The van der Waals surface area contributed by atoms with Crippen LogP contribution < -0.4 is 15.2 Å². The molecule has 0 aromatic rings. The van der Waals surface area contributed by atoms with Crippen molar-refractivity contribution in [2.75, 3.05) is 26.8 Å². The third kappa shape index (κ3) is 4.17. The zero-order chi connectivity index (χ0) is 13.6. The fourth-order valence-electron chi connectivity index (χ4n) is 2.49. The van der Waals surface area contributed by atoms with Gasteiger partial charge in [-0.05, 0) is 18.8 Å². The fraction of sp³-hybridized carbons (Fsp3) is 1.00. The molecular formula is C11H25N3O3S. The summed E-state index contributed by atoms with van der Waals surface area (Å²) in [7, 11) is -1.98. The molecule has 1 aliphatic carbocycles. The van der Waals surface area contributed by atoms with Crippen molar-refractivity contribution in [1.29, 1.82) is 0 Å². The van der Waals surface area contributed by atoms with Gasteiger partial charge >= 0.3 is 0 Å². The van der Waals surface area contributed by atoms with E-state index in [1.165, 1.54) is 7.11 Å². The average molecular weight is 279 g/mol. The Bertz CT molecular complexity index is 347. The number of hydrogen-bond donors (Lipinski definition) is 3. The summed E-state index contributed by atoms with van der Waals surface area (Å²) in [5.41, 5.74) is 5.31. The van der Waals surface area contributed by atoms with Crippen molar-refractivity contribution in [3.8, 4) is 0 Å². The van der Waals surface area contributed by atoms with E-state index in [1.807, 2.05) is 0 Å². The summed E-state index contributed by atoms with van der Waals surface area (Å²) < 4.78 is 33.9. The summed E-state index contributed by atoms with van der Waals surface area (Å²) in [6, 6.07) is 0. The SMILES string of the molecule is COCCNS(=O)(=O)NC1(CN)CCCCC1C. The van der Waals surface area contributed by atoms with E-state index in [0.717, 1.165) is 25.7 Å². The van der Waals surface area contributed by atoms with Gasteiger partial charge in [0.25, 0.3) is 10.2 Å². The molecule has 0 aromatic heterocycles. The van der Waals surface area contributed by atoms with Gasteiger partial charge in [0.05, 0.1) is 6.61 Å². The molecule has 0 aromatic carbocycles. The Balaban J connectivity index is 2.66. The van der Waals surface area contributed by atoms with E-state index < -0.39 is 15.7 Å². The van der Waals surface area contributed by atoms with Gasteiger partial charge < -0.3 is 10.5 Å². The molecule has 0 amide bonds. The number of nitrogens with two attached hydrogens (primary N) is 1. The van der Waals surface area contributed by atoms with Crippen LogP contribution in [0.4, 0.5) is 0 Å². The van der Waals surface area contributed by atoms with Crippen LogP contribution in [0, 0.1) is 5.92 Å². The maximum Gasteiger partial charge on any atom is 0.277 e. The summed E-state index contributed by atoms with van der Waals surface area (Å²) in [5, 5.41) is 0. The normalized spacial score (nSPS) is 29.4. The van der Waals surface area contributed by atoms with E-state index in [0.29, 0.717) is 13.2 Å². The monoisotopic (exact) mass is 279 g/mol. The van der Waals surface area contributed by atoms with Crippen LogP contribution in [0.15, 0.2) is 0 Å². The van der Waals surface area contributed by atoms with E-state index in [1.54, 1.807) is 0 Å². The van der Waals surface area contributed by atoms with Crippen molar-refractivity contribution in [3.63, 3.8) is 0 Å². The Hall–Kier alpha value is -0.210. The molecule has 1 fully saturated rings. The highest BCUT2D eigenvalue weighted by Gasteiger charge is 2.40. The number of hydrogen-bond acceptors (Lipinski definition) is 4. The van der Waals surface area contributed by atoms with Crippen LogP contribution >= 0.6 is 0 Å². The first-order chi connectivity index (χ1) is 8.46. The summed E-state index contributed by atoms with van der Waals surface area (Å²) >= 11 is 0. The highest BCUT2D eigenvalue weighted by atomic mass is 32.2. The van der Waals surface area contributed by atoms with Gasteiger partial charge in [-0.1, -0.05) is 19.8 Å². The lowest BCUT2D eigenvalue weighted by atomic mass is 9.74. The minimum Gasteiger partial charge on any atom is -0.383 e. The molecule has 4 N–H and O–H groups in total. The van der Waals surface area contributed by atoms with Crippen molar-refractivity contribution in [2.45, 2.75) is 38.1 Å². The Morgan fingerprint density at radius 1 is 1.44 bits per heavy atom. The maximum atomic E-state index is 11.9. The summed E-state index contributed by atoms with van der Waals surface area (Å²) in [6.45, 7) is 3.01. The Kier molecular flexibility index (Phi) is 6.00. The third-order valence-corrected chi connectivity index (χ3v) is 5.01. The highest BCUT2D eigenvalue weighted by molar-refractivity contribution is 7.87. The first-order valence-electron chi connectivity index (χ1n) is 6.43. The second kappa shape index (κ2) is 6.81. The molecule has 1 saturated carbocycles.